The SMILES string of the molecule is CCc1c(C)nn(C2CCC(NC)(C(=O)OC)C2)c1C. The number of rotatable bonds is 4. The highest BCUT2D eigenvalue weighted by molar-refractivity contribution is 5.81. The van der Waals surface area contributed by atoms with Gasteiger partial charge >= 0.3 is 5.97 Å². The van der Waals surface area contributed by atoms with Gasteiger partial charge in [0.2, 0.25) is 0 Å². The maximum atomic E-state index is 12.0. The van der Waals surface area contributed by atoms with Gasteiger partial charge in [0.15, 0.2) is 0 Å². The van der Waals surface area contributed by atoms with E-state index in [1.807, 2.05) is 7.05 Å². The van der Waals surface area contributed by atoms with E-state index in [1.54, 1.807) is 0 Å². The van der Waals surface area contributed by atoms with Crippen LogP contribution in [0.1, 0.15) is 49.2 Å². The molecule has 1 aliphatic carbocycles. The fraction of sp³-hybridized carbons (Fsp3) is 0.733. The quantitative estimate of drug-likeness (QED) is 0.856. The van der Waals surface area contributed by atoms with Crippen LogP contribution in [0.5, 0.6) is 0 Å². The largest absolute Gasteiger partial charge is 0.468 e. The molecule has 0 bridgehead atoms. The third-order valence-electron chi connectivity index (χ3n) is 4.72. The number of likely N-dealkylation sites (N-methyl/N-ethyl adjacent to an activating group) is 1. The zero-order valence-corrected chi connectivity index (χ0v) is 13.1. The smallest absolute Gasteiger partial charge is 0.326 e. The summed E-state index contributed by atoms with van der Waals surface area (Å²) in [5.74, 6) is -0.167. The van der Waals surface area contributed by atoms with E-state index in [1.165, 1.54) is 18.4 Å². The van der Waals surface area contributed by atoms with Crippen molar-refractivity contribution in [3.8, 4) is 0 Å². The molecule has 0 aromatic carbocycles. The molecule has 2 atom stereocenters. The number of nitrogens with zero attached hydrogens (tertiary/aromatic N) is 2. The molecule has 0 aliphatic heterocycles. The minimum atomic E-state index is -0.557. The van der Waals surface area contributed by atoms with Crippen molar-refractivity contribution >= 4 is 5.97 Å². The molecule has 0 radical (unpaired) electrons. The Morgan fingerprint density at radius 2 is 2.25 bits per heavy atom. The number of ether oxygens (including phenoxy) is 1. The second-order valence-electron chi connectivity index (χ2n) is 5.67. The van der Waals surface area contributed by atoms with Crippen LogP contribution in [0.4, 0.5) is 0 Å². The Labute approximate surface area is 120 Å². The van der Waals surface area contributed by atoms with E-state index >= 15 is 0 Å². The van der Waals surface area contributed by atoms with Crippen LogP contribution in [0, 0.1) is 13.8 Å². The van der Waals surface area contributed by atoms with Gasteiger partial charge in [0.1, 0.15) is 5.54 Å². The fourth-order valence-corrected chi connectivity index (χ4v) is 3.50. The topological polar surface area (TPSA) is 56.2 Å². The summed E-state index contributed by atoms with van der Waals surface area (Å²) in [6.45, 7) is 6.33. The third kappa shape index (κ3) is 2.24. The first-order valence-electron chi connectivity index (χ1n) is 7.31. The molecule has 1 aromatic heterocycles. The van der Waals surface area contributed by atoms with Crippen LogP contribution in [-0.4, -0.2) is 35.4 Å². The van der Waals surface area contributed by atoms with Crippen LogP contribution < -0.4 is 5.32 Å². The van der Waals surface area contributed by atoms with E-state index in [4.69, 9.17) is 4.74 Å². The van der Waals surface area contributed by atoms with Gasteiger partial charge in [0.25, 0.3) is 0 Å². The Bertz CT molecular complexity index is 509. The highest BCUT2D eigenvalue weighted by Crippen LogP contribution is 2.39. The van der Waals surface area contributed by atoms with Gasteiger partial charge in [0.05, 0.1) is 18.8 Å². The molecule has 20 heavy (non-hydrogen) atoms. The van der Waals surface area contributed by atoms with Gasteiger partial charge in [-0.15, -0.1) is 0 Å². The van der Waals surface area contributed by atoms with Gasteiger partial charge in [-0.1, -0.05) is 6.92 Å². The fourth-order valence-electron chi connectivity index (χ4n) is 3.50. The van der Waals surface area contributed by atoms with Crippen LogP contribution in [-0.2, 0) is 16.0 Å². The highest BCUT2D eigenvalue weighted by atomic mass is 16.5. The van der Waals surface area contributed by atoms with E-state index < -0.39 is 5.54 Å². The molecule has 2 rings (SSSR count). The summed E-state index contributed by atoms with van der Waals surface area (Å²) < 4.78 is 7.07. The van der Waals surface area contributed by atoms with Crippen molar-refractivity contribution in [2.45, 2.75) is 58.0 Å². The minimum absolute atomic E-state index is 0.167. The second kappa shape index (κ2) is 5.56. The Kier molecular flexibility index (Phi) is 4.18. The summed E-state index contributed by atoms with van der Waals surface area (Å²) in [4.78, 5) is 12.0. The van der Waals surface area contributed by atoms with Crippen LogP contribution in [0.25, 0.3) is 0 Å². The van der Waals surface area contributed by atoms with Crippen molar-refractivity contribution in [2.24, 2.45) is 0 Å². The molecule has 1 heterocycles. The number of carbonyl (C=O) groups excluding carboxylic acids is 1. The van der Waals surface area contributed by atoms with Crippen LogP contribution in [0.3, 0.4) is 0 Å². The standard InChI is InChI=1S/C15H25N3O2/c1-6-13-10(2)17-18(11(13)3)12-7-8-15(9-12,16-4)14(19)20-5/h12,16H,6-9H2,1-5H3. The molecule has 0 amide bonds. The summed E-state index contributed by atoms with van der Waals surface area (Å²) in [7, 11) is 3.28. The molecule has 1 aliphatic rings. The Hall–Kier alpha value is -1.36. The maximum Gasteiger partial charge on any atom is 0.326 e. The molecule has 1 N–H and O–H groups in total. The van der Waals surface area contributed by atoms with Gasteiger partial charge in [0, 0.05) is 5.69 Å². The normalized spacial score (nSPS) is 25.9. The lowest BCUT2D eigenvalue weighted by Gasteiger charge is -2.25. The Morgan fingerprint density at radius 1 is 1.55 bits per heavy atom. The maximum absolute atomic E-state index is 12.0. The zero-order chi connectivity index (χ0) is 14.9. The summed E-state index contributed by atoms with van der Waals surface area (Å²) in [5, 5.41) is 7.85. The Balaban J connectivity index is 2.27. The van der Waals surface area contributed by atoms with Gasteiger partial charge in [-0.25, -0.2) is 0 Å². The van der Waals surface area contributed by atoms with E-state index in [9.17, 15) is 4.79 Å². The number of nitrogens with one attached hydrogen (secondary N) is 1. The molecular formula is C15H25N3O2. The van der Waals surface area contributed by atoms with Crippen molar-refractivity contribution in [2.75, 3.05) is 14.2 Å². The van der Waals surface area contributed by atoms with Gasteiger partial charge in [-0.3, -0.25) is 9.48 Å². The summed E-state index contributed by atoms with van der Waals surface area (Å²) in [6, 6.07) is 0.264. The van der Waals surface area contributed by atoms with Crippen molar-refractivity contribution in [3.05, 3.63) is 17.0 Å². The number of aryl methyl sites for hydroxylation is 1. The molecule has 1 saturated carbocycles. The average molecular weight is 279 g/mol. The number of methoxy groups -OCH3 is 1. The first-order valence-corrected chi connectivity index (χ1v) is 7.31. The molecule has 5 heteroatoms. The lowest BCUT2D eigenvalue weighted by molar-refractivity contribution is -0.148. The molecule has 112 valence electrons. The van der Waals surface area contributed by atoms with Crippen LogP contribution >= 0.6 is 0 Å². The van der Waals surface area contributed by atoms with Gasteiger partial charge < -0.3 is 10.1 Å². The summed E-state index contributed by atoms with van der Waals surface area (Å²) in [6.07, 6.45) is 3.47. The molecule has 1 aromatic rings. The lowest BCUT2D eigenvalue weighted by atomic mass is 9.98. The first-order chi connectivity index (χ1) is 9.49. The number of aromatic nitrogens is 2. The van der Waals surface area contributed by atoms with Crippen LogP contribution in [0.15, 0.2) is 0 Å². The van der Waals surface area contributed by atoms with Gasteiger partial charge in [-0.05, 0) is 52.1 Å². The minimum Gasteiger partial charge on any atom is -0.468 e. The number of carbonyl (C=O) groups is 1. The molecule has 0 saturated heterocycles. The molecular weight excluding hydrogens is 254 g/mol. The molecule has 2 unspecified atom stereocenters. The lowest BCUT2D eigenvalue weighted by Crippen LogP contribution is -2.49. The van der Waals surface area contributed by atoms with E-state index in [0.717, 1.165) is 31.4 Å². The van der Waals surface area contributed by atoms with E-state index in [2.05, 4.69) is 35.9 Å². The average Bonchev–Trinajstić information content (AvgIpc) is 3.00. The Morgan fingerprint density at radius 3 is 2.75 bits per heavy atom. The second-order valence-corrected chi connectivity index (χ2v) is 5.67. The number of hydrogen-bond acceptors (Lipinski definition) is 4. The molecule has 5 nitrogen and oxygen atoms in total. The van der Waals surface area contributed by atoms with Gasteiger partial charge in [-0.2, -0.15) is 5.10 Å². The van der Waals surface area contributed by atoms with E-state index in [-0.39, 0.29) is 12.0 Å². The monoisotopic (exact) mass is 279 g/mol. The summed E-state index contributed by atoms with van der Waals surface area (Å²) >= 11 is 0. The third-order valence-corrected chi connectivity index (χ3v) is 4.72. The highest BCUT2D eigenvalue weighted by Gasteiger charge is 2.46. The number of esters is 1. The van der Waals surface area contributed by atoms with Crippen molar-refractivity contribution in [1.82, 2.24) is 15.1 Å². The van der Waals surface area contributed by atoms with Crippen molar-refractivity contribution in [1.29, 1.82) is 0 Å². The van der Waals surface area contributed by atoms with Crippen LogP contribution in [0.2, 0.25) is 0 Å². The van der Waals surface area contributed by atoms with Crippen molar-refractivity contribution in [3.63, 3.8) is 0 Å². The number of hydrogen-bond donors (Lipinski definition) is 1. The molecule has 1 fully saturated rings. The predicted molar refractivity (Wildman–Crippen MR) is 77.8 cm³/mol. The molecule has 0 spiro atoms. The van der Waals surface area contributed by atoms with Crippen molar-refractivity contribution < 1.29 is 9.53 Å². The first kappa shape index (κ1) is 15.0. The predicted octanol–water partition coefficient (Wildman–Crippen LogP) is 1.92. The summed E-state index contributed by atoms with van der Waals surface area (Å²) in [5.41, 5.74) is 3.10. The zero-order valence-electron chi connectivity index (χ0n) is 13.1. The van der Waals surface area contributed by atoms with E-state index in [0.29, 0.717) is 0 Å².